The van der Waals surface area contributed by atoms with Gasteiger partial charge in [0.1, 0.15) is 5.75 Å². The van der Waals surface area contributed by atoms with Crippen LogP contribution in [-0.4, -0.2) is 28.8 Å². The molecule has 0 aliphatic heterocycles. The van der Waals surface area contributed by atoms with E-state index in [9.17, 15) is 4.79 Å². The summed E-state index contributed by atoms with van der Waals surface area (Å²) in [7, 11) is 1.61. The molecule has 168 valence electrons. The lowest BCUT2D eigenvalue weighted by Crippen LogP contribution is -2.36. The van der Waals surface area contributed by atoms with Crippen molar-refractivity contribution in [1.82, 2.24) is 15.1 Å². The predicted octanol–water partition coefficient (Wildman–Crippen LogP) is 4.54. The maximum absolute atomic E-state index is 12.9. The minimum absolute atomic E-state index is 0.232. The summed E-state index contributed by atoms with van der Waals surface area (Å²) in [5.74, 6) is 0.784. The second kappa shape index (κ2) is 10.1. The molecule has 2 aromatic carbocycles. The summed E-state index contributed by atoms with van der Waals surface area (Å²) in [6.07, 6.45) is 0. The number of carbonyl (C=O) groups is 1. The van der Waals surface area contributed by atoms with Crippen LogP contribution in [-0.2, 0) is 13.1 Å². The second-order valence-electron chi connectivity index (χ2n) is 7.78. The van der Waals surface area contributed by atoms with Crippen molar-refractivity contribution in [3.05, 3.63) is 76.1 Å². The maximum atomic E-state index is 12.9. The van der Waals surface area contributed by atoms with E-state index in [4.69, 9.17) is 9.73 Å². The van der Waals surface area contributed by atoms with E-state index in [-0.39, 0.29) is 5.91 Å². The van der Waals surface area contributed by atoms with E-state index in [0.29, 0.717) is 23.8 Å². The van der Waals surface area contributed by atoms with Crippen molar-refractivity contribution in [1.29, 1.82) is 0 Å². The van der Waals surface area contributed by atoms with Crippen molar-refractivity contribution in [3.63, 3.8) is 0 Å². The van der Waals surface area contributed by atoms with E-state index >= 15 is 0 Å². The molecule has 0 spiro atoms. The minimum atomic E-state index is -0.232. The number of guanidine groups is 1. The van der Waals surface area contributed by atoms with Gasteiger partial charge in [-0.3, -0.25) is 14.8 Å². The van der Waals surface area contributed by atoms with E-state index in [1.807, 2.05) is 68.8 Å². The molecule has 0 saturated carbocycles. The Hall–Kier alpha value is -3.61. The summed E-state index contributed by atoms with van der Waals surface area (Å²) in [5.41, 5.74) is 6.44. The molecule has 0 saturated heterocycles. The van der Waals surface area contributed by atoms with Gasteiger partial charge in [-0.25, -0.2) is 4.99 Å². The van der Waals surface area contributed by atoms with Crippen LogP contribution in [0.25, 0.3) is 0 Å². The number of aliphatic imine (C=N–C) groups is 1. The second-order valence-corrected chi connectivity index (χ2v) is 7.78. The molecule has 0 unspecified atom stereocenters. The lowest BCUT2D eigenvalue weighted by Gasteiger charge is -2.15. The van der Waals surface area contributed by atoms with E-state index in [2.05, 4.69) is 22.7 Å². The van der Waals surface area contributed by atoms with Gasteiger partial charge < -0.3 is 10.1 Å². The Balaban J connectivity index is 1.93. The fourth-order valence-electron chi connectivity index (χ4n) is 3.55. The summed E-state index contributed by atoms with van der Waals surface area (Å²) < 4.78 is 7.44. The molecule has 32 heavy (non-hydrogen) atoms. The number of amides is 1. The van der Waals surface area contributed by atoms with Gasteiger partial charge in [-0.05, 0) is 64.4 Å². The molecule has 0 aliphatic carbocycles. The van der Waals surface area contributed by atoms with Crippen LogP contribution < -0.4 is 15.4 Å². The Morgan fingerprint density at radius 1 is 1.09 bits per heavy atom. The van der Waals surface area contributed by atoms with E-state index in [0.717, 1.165) is 40.3 Å². The molecule has 0 aliphatic rings. The summed E-state index contributed by atoms with van der Waals surface area (Å²) in [4.78, 5) is 17.7. The van der Waals surface area contributed by atoms with E-state index < -0.39 is 0 Å². The Labute approximate surface area is 189 Å². The number of nitrogens with zero attached hydrogens (tertiary/aromatic N) is 3. The standard InChI is InChI=1S/C25H31N5O2/c1-7-30-19(5)21(18(4)29-30)15-26-25(27-22-14-17(3)11-12-23(22)32-6)28-24(31)20-10-8-9-16(2)13-20/h8-14H,7,15H2,1-6H3,(H2,26,27,28,31). The highest BCUT2D eigenvalue weighted by Crippen LogP contribution is 2.25. The largest absolute Gasteiger partial charge is 0.495 e. The zero-order valence-corrected chi connectivity index (χ0v) is 19.6. The predicted molar refractivity (Wildman–Crippen MR) is 129 cm³/mol. The van der Waals surface area contributed by atoms with Gasteiger partial charge in [0.25, 0.3) is 5.91 Å². The van der Waals surface area contributed by atoms with Crippen molar-refractivity contribution in [2.24, 2.45) is 4.99 Å². The van der Waals surface area contributed by atoms with Gasteiger partial charge in [-0.15, -0.1) is 0 Å². The van der Waals surface area contributed by atoms with Crippen molar-refractivity contribution in [2.45, 2.75) is 47.7 Å². The normalized spacial score (nSPS) is 11.4. The van der Waals surface area contributed by atoms with E-state index in [1.54, 1.807) is 13.2 Å². The minimum Gasteiger partial charge on any atom is -0.495 e. The molecule has 0 fully saturated rings. The first kappa shape index (κ1) is 23.1. The van der Waals surface area contributed by atoms with Gasteiger partial charge in [0.2, 0.25) is 5.96 Å². The summed E-state index contributed by atoms with van der Waals surface area (Å²) in [5, 5.41) is 10.7. The molecule has 0 bridgehead atoms. The number of rotatable bonds is 6. The van der Waals surface area contributed by atoms with Gasteiger partial charge in [-0.1, -0.05) is 23.8 Å². The molecule has 0 atom stereocenters. The topological polar surface area (TPSA) is 80.5 Å². The number of ether oxygens (including phenoxy) is 1. The van der Waals surface area contributed by atoms with Gasteiger partial charge in [-0.2, -0.15) is 5.10 Å². The van der Waals surface area contributed by atoms with Crippen LogP contribution in [0.2, 0.25) is 0 Å². The number of carbonyl (C=O) groups excluding carboxylic acids is 1. The van der Waals surface area contributed by atoms with Crippen LogP contribution in [0.4, 0.5) is 5.69 Å². The quantitative estimate of drug-likeness (QED) is 0.442. The van der Waals surface area contributed by atoms with Crippen LogP contribution in [0.1, 0.15) is 45.4 Å². The number of hydrogen-bond acceptors (Lipinski definition) is 4. The molecule has 1 heterocycles. The Bertz CT molecular complexity index is 1150. The van der Waals surface area contributed by atoms with Crippen molar-refractivity contribution in [3.8, 4) is 5.75 Å². The third kappa shape index (κ3) is 5.35. The molecule has 0 radical (unpaired) electrons. The van der Waals surface area contributed by atoms with Crippen molar-refractivity contribution in [2.75, 3.05) is 12.4 Å². The van der Waals surface area contributed by atoms with Crippen LogP contribution >= 0.6 is 0 Å². The van der Waals surface area contributed by atoms with Crippen molar-refractivity contribution >= 4 is 17.6 Å². The molecule has 1 aromatic heterocycles. The Kier molecular flexibility index (Phi) is 7.30. The molecular weight excluding hydrogens is 402 g/mol. The summed E-state index contributed by atoms with van der Waals surface area (Å²) in [6, 6.07) is 13.3. The van der Waals surface area contributed by atoms with Crippen LogP contribution in [0.3, 0.4) is 0 Å². The Morgan fingerprint density at radius 2 is 1.84 bits per heavy atom. The summed E-state index contributed by atoms with van der Waals surface area (Å²) in [6.45, 7) is 11.2. The highest BCUT2D eigenvalue weighted by atomic mass is 16.5. The van der Waals surface area contributed by atoms with Gasteiger partial charge >= 0.3 is 0 Å². The zero-order chi connectivity index (χ0) is 23.3. The van der Waals surface area contributed by atoms with Gasteiger partial charge in [0, 0.05) is 23.4 Å². The molecule has 3 rings (SSSR count). The number of aryl methyl sites for hydroxylation is 4. The summed E-state index contributed by atoms with van der Waals surface area (Å²) >= 11 is 0. The first-order chi connectivity index (χ1) is 15.3. The van der Waals surface area contributed by atoms with Crippen LogP contribution in [0.5, 0.6) is 5.75 Å². The fourth-order valence-corrected chi connectivity index (χ4v) is 3.55. The molecular formula is C25H31N5O2. The Morgan fingerprint density at radius 3 is 2.50 bits per heavy atom. The van der Waals surface area contributed by atoms with E-state index in [1.165, 1.54) is 0 Å². The van der Waals surface area contributed by atoms with Gasteiger partial charge in [0.15, 0.2) is 0 Å². The number of methoxy groups -OCH3 is 1. The number of nitrogens with one attached hydrogen (secondary N) is 2. The third-order valence-electron chi connectivity index (χ3n) is 5.35. The maximum Gasteiger partial charge on any atom is 0.257 e. The third-order valence-corrected chi connectivity index (χ3v) is 5.35. The fraction of sp³-hybridized carbons (Fsp3) is 0.320. The smallest absolute Gasteiger partial charge is 0.257 e. The zero-order valence-electron chi connectivity index (χ0n) is 19.6. The van der Waals surface area contributed by atoms with Crippen molar-refractivity contribution < 1.29 is 9.53 Å². The first-order valence-corrected chi connectivity index (χ1v) is 10.7. The molecule has 1 amide bonds. The number of aromatic nitrogens is 2. The highest BCUT2D eigenvalue weighted by molar-refractivity contribution is 6.10. The molecule has 3 aromatic rings. The molecule has 2 N–H and O–H groups in total. The monoisotopic (exact) mass is 433 g/mol. The lowest BCUT2D eigenvalue weighted by atomic mass is 10.1. The van der Waals surface area contributed by atoms with Crippen LogP contribution in [0, 0.1) is 27.7 Å². The highest BCUT2D eigenvalue weighted by Gasteiger charge is 2.14. The average Bonchev–Trinajstić information content (AvgIpc) is 3.04. The SMILES string of the molecule is CCn1nc(C)c(CN=C(NC(=O)c2cccc(C)c2)Nc2cc(C)ccc2OC)c1C. The molecule has 7 heteroatoms. The molecule has 7 nitrogen and oxygen atoms in total. The van der Waals surface area contributed by atoms with Crippen LogP contribution in [0.15, 0.2) is 47.5 Å². The average molecular weight is 434 g/mol. The van der Waals surface area contributed by atoms with Gasteiger partial charge in [0.05, 0.1) is 25.0 Å². The number of hydrogen-bond donors (Lipinski definition) is 2. The number of anilines is 1. The first-order valence-electron chi connectivity index (χ1n) is 10.7. The number of benzene rings is 2. The lowest BCUT2D eigenvalue weighted by molar-refractivity contribution is 0.0977.